The van der Waals surface area contributed by atoms with Crippen LogP contribution in [0, 0.1) is 11.3 Å². The smallest absolute Gasteiger partial charge is 0.156 e. The van der Waals surface area contributed by atoms with E-state index in [9.17, 15) is 0 Å². The summed E-state index contributed by atoms with van der Waals surface area (Å²) in [5.74, 6) is 0. The molecule has 0 radical (unpaired) electrons. The van der Waals surface area contributed by atoms with E-state index in [0.717, 1.165) is 18.7 Å². The van der Waals surface area contributed by atoms with Crippen molar-refractivity contribution in [2.75, 3.05) is 26.2 Å². The second-order valence-corrected chi connectivity index (χ2v) is 3.38. The van der Waals surface area contributed by atoms with E-state index < -0.39 is 0 Å². The number of morpholine rings is 1. The Balaban J connectivity index is 2.38. The van der Waals surface area contributed by atoms with Gasteiger partial charge in [-0.1, -0.05) is 18.7 Å². The van der Waals surface area contributed by atoms with E-state index in [2.05, 4.69) is 17.5 Å². The average Bonchev–Trinajstić information content (AvgIpc) is 2.18. The van der Waals surface area contributed by atoms with E-state index in [1.807, 2.05) is 19.1 Å². The molecule has 1 heterocycles. The fraction of sp³-hybridized carbons (Fsp3) is 0.545. The highest BCUT2D eigenvalue weighted by Crippen LogP contribution is 2.06. The summed E-state index contributed by atoms with van der Waals surface area (Å²) in [4.78, 5) is 2.19. The van der Waals surface area contributed by atoms with Crippen molar-refractivity contribution in [2.24, 2.45) is 0 Å². The third kappa shape index (κ3) is 3.33. The van der Waals surface area contributed by atoms with Gasteiger partial charge in [-0.05, 0) is 12.5 Å². The monoisotopic (exact) mass is 192 g/mol. The molecule has 0 saturated carbocycles. The van der Waals surface area contributed by atoms with Crippen LogP contribution >= 0.6 is 0 Å². The fourth-order valence-electron chi connectivity index (χ4n) is 1.50. The summed E-state index contributed by atoms with van der Waals surface area (Å²) >= 11 is 0. The maximum Gasteiger partial charge on any atom is 0.156 e. The van der Waals surface area contributed by atoms with Crippen LogP contribution in [0.2, 0.25) is 0 Å². The fourth-order valence-corrected chi connectivity index (χ4v) is 1.50. The molecule has 0 aromatic rings. The van der Waals surface area contributed by atoms with E-state index in [4.69, 9.17) is 10.00 Å². The Hall–Kier alpha value is -1.11. The molecule has 1 rings (SSSR count). The van der Waals surface area contributed by atoms with Crippen molar-refractivity contribution >= 4 is 0 Å². The number of allylic oxidation sites excluding steroid dienone is 1. The first kappa shape index (κ1) is 11.0. The summed E-state index contributed by atoms with van der Waals surface area (Å²) in [6.45, 7) is 8.95. The summed E-state index contributed by atoms with van der Waals surface area (Å²) in [5.41, 5.74) is 1.08. The molecule has 3 heteroatoms. The largest absolute Gasteiger partial charge is 0.361 e. The molecule has 1 saturated heterocycles. The van der Waals surface area contributed by atoms with Crippen molar-refractivity contribution < 1.29 is 4.74 Å². The zero-order valence-corrected chi connectivity index (χ0v) is 8.57. The number of rotatable bonds is 3. The maximum atomic E-state index is 8.71. The molecule has 3 nitrogen and oxygen atoms in total. The maximum absolute atomic E-state index is 8.71. The normalized spacial score (nSPS) is 23.6. The Morgan fingerprint density at radius 3 is 3.21 bits per heavy atom. The van der Waals surface area contributed by atoms with Gasteiger partial charge in [0.15, 0.2) is 6.10 Å². The van der Waals surface area contributed by atoms with Crippen LogP contribution in [0.5, 0.6) is 0 Å². The third-order valence-corrected chi connectivity index (χ3v) is 2.12. The number of hydrogen-bond donors (Lipinski definition) is 0. The van der Waals surface area contributed by atoms with Gasteiger partial charge in [-0.2, -0.15) is 5.26 Å². The molecule has 1 fully saturated rings. The van der Waals surface area contributed by atoms with E-state index in [1.165, 1.54) is 0 Å². The van der Waals surface area contributed by atoms with Crippen molar-refractivity contribution in [3.63, 3.8) is 0 Å². The van der Waals surface area contributed by atoms with Crippen LogP contribution in [0.4, 0.5) is 0 Å². The second-order valence-electron chi connectivity index (χ2n) is 3.38. The third-order valence-electron chi connectivity index (χ3n) is 2.12. The minimum atomic E-state index is -0.276. The first-order valence-electron chi connectivity index (χ1n) is 4.80. The lowest BCUT2D eigenvalue weighted by Crippen LogP contribution is -2.42. The Morgan fingerprint density at radius 2 is 2.57 bits per heavy atom. The van der Waals surface area contributed by atoms with Gasteiger partial charge >= 0.3 is 0 Å². The quantitative estimate of drug-likeness (QED) is 0.633. The average molecular weight is 192 g/mol. The lowest BCUT2D eigenvalue weighted by Gasteiger charge is -2.29. The van der Waals surface area contributed by atoms with Crippen LogP contribution in [-0.2, 0) is 4.74 Å². The SMILES string of the molecule is C=C(/C=C\C)CN1CCOC(C#N)C1. The van der Waals surface area contributed by atoms with E-state index in [1.54, 1.807) is 0 Å². The zero-order chi connectivity index (χ0) is 10.4. The van der Waals surface area contributed by atoms with Crippen molar-refractivity contribution in [3.8, 4) is 6.07 Å². The van der Waals surface area contributed by atoms with Gasteiger partial charge in [0.1, 0.15) is 0 Å². The number of hydrogen-bond acceptors (Lipinski definition) is 3. The number of ether oxygens (including phenoxy) is 1. The number of nitrogens with zero attached hydrogens (tertiary/aromatic N) is 2. The molecule has 1 atom stereocenters. The predicted octanol–water partition coefficient (Wildman–Crippen LogP) is 1.34. The molecule has 1 aliphatic heterocycles. The molecule has 0 aromatic carbocycles. The Kier molecular flexibility index (Phi) is 4.37. The lowest BCUT2D eigenvalue weighted by atomic mass is 10.2. The predicted molar refractivity (Wildman–Crippen MR) is 55.7 cm³/mol. The van der Waals surface area contributed by atoms with E-state index in [0.29, 0.717) is 13.2 Å². The summed E-state index contributed by atoms with van der Waals surface area (Å²) in [6.07, 6.45) is 3.70. The first-order chi connectivity index (χ1) is 6.76. The van der Waals surface area contributed by atoms with Crippen LogP contribution in [0.25, 0.3) is 0 Å². The zero-order valence-electron chi connectivity index (χ0n) is 8.57. The summed E-state index contributed by atoms with van der Waals surface area (Å²) in [7, 11) is 0. The topological polar surface area (TPSA) is 36.3 Å². The minimum Gasteiger partial charge on any atom is -0.361 e. The molecule has 0 amide bonds. The van der Waals surface area contributed by atoms with Crippen LogP contribution in [0.3, 0.4) is 0 Å². The molecule has 14 heavy (non-hydrogen) atoms. The number of nitriles is 1. The minimum absolute atomic E-state index is 0.276. The molecule has 0 bridgehead atoms. The van der Waals surface area contributed by atoms with Crippen molar-refractivity contribution in [1.82, 2.24) is 4.90 Å². The Morgan fingerprint density at radius 1 is 1.79 bits per heavy atom. The van der Waals surface area contributed by atoms with Crippen molar-refractivity contribution in [2.45, 2.75) is 13.0 Å². The first-order valence-corrected chi connectivity index (χ1v) is 4.80. The van der Waals surface area contributed by atoms with Gasteiger partial charge in [0.2, 0.25) is 0 Å². The molecular weight excluding hydrogens is 176 g/mol. The van der Waals surface area contributed by atoms with Gasteiger partial charge in [0, 0.05) is 19.6 Å². The van der Waals surface area contributed by atoms with Gasteiger partial charge < -0.3 is 4.74 Å². The highest BCUT2D eigenvalue weighted by atomic mass is 16.5. The van der Waals surface area contributed by atoms with Crippen LogP contribution in [0.1, 0.15) is 6.92 Å². The van der Waals surface area contributed by atoms with Crippen LogP contribution in [-0.4, -0.2) is 37.2 Å². The molecular formula is C11H16N2O. The van der Waals surface area contributed by atoms with Crippen molar-refractivity contribution in [3.05, 3.63) is 24.3 Å². The standard InChI is InChI=1S/C11H16N2O/c1-3-4-10(2)8-13-5-6-14-11(7-12)9-13/h3-4,11H,2,5-6,8-9H2,1H3/b4-3-. The van der Waals surface area contributed by atoms with Crippen molar-refractivity contribution in [1.29, 1.82) is 5.26 Å². The summed E-state index contributed by atoms with van der Waals surface area (Å²) in [5, 5.41) is 8.71. The molecule has 0 N–H and O–H groups in total. The van der Waals surface area contributed by atoms with Crippen LogP contribution in [0.15, 0.2) is 24.3 Å². The lowest BCUT2D eigenvalue weighted by molar-refractivity contribution is 0.00452. The van der Waals surface area contributed by atoms with E-state index in [-0.39, 0.29) is 6.10 Å². The molecule has 0 spiro atoms. The summed E-state index contributed by atoms with van der Waals surface area (Å²) in [6, 6.07) is 2.13. The van der Waals surface area contributed by atoms with Gasteiger partial charge in [-0.25, -0.2) is 0 Å². The van der Waals surface area contributed by atoms with E-state index >= 15 is 0 Å². The molecule has 76 valence electrons. The summed E-state index contributed by atoms with van der Waals surface area (Å²) < 4.78 is 5.25. The molecule has 0 aliphatic carbocycles. The van der Waals surface area contributed by atoms with Gasteiger partial charge in [-0.3, -0.25) is 4.90 Å². The van der Waals surface area contributed by atoms with Gasteiger partial charge in [-0.15, -0.1) is 0 Å². The van der Waals surface area contributed by atoms with Crippen LogP contribution < -0.4 is 0 Å². The Bertz CT molecular complexity index is 265. The molecule has 1 aliphatic rings. The second kappa shape index (κ2) is 5.58. The molecule has 1 unspecified atom stereocenters. The highest BCUT2D eigenvalue weighted by molar-refractivity contribution is 5.15. The van der Waals surface area contributed by atoms with Gasteiger partial charge in [0.05, 0.1) is 12.7 Å². The van der Waals surface area contributed by atoms with Gasteiger partial charge in [0.25, 0.3) is 0 Å². The molecule has 0 aromatic heterocycles. The Labute approximate surface area is 85.3 Å². The highest BCUT2D eigenvalue weighted by Gasteiger charge is 2.19.